The normalized spacial score (nSPS) is 14.5. The fourth-order valence-electron chi connectivity index (χ4n) is 3.75. The minimum Gasteiger partial charge on any atom is -0.353 e. The van der Waals surface area contributed by atoms with Gasteiger partial charge in [0.15, 0.2) is 0 Å². The van der Waals surface area contributed by atoms with E-state index in [9.17, 15) is 4.79 Å². The summed E-state index contributed by atoms with van der Waals surface area (Å²) in [5.41, 5.74) is 4.79. The number of piperazine rings is 1. The molecule has 1 saturated heterocycles. The van der Waals surface area contributed by atoms with Gasteiger partial charge in [-0.3, -0.25) is 4.79 Å². The smallest absolute Gasteiger partial charge is 0.222 e. The van der Waals surface area contributed by atoms with E-state index in [4.69, 9.17) is 4.98 Å². The van der Waals surface area contributed by atoms with Crippen LogP contribution in [0.4, 0.5) is 5.82 Å². The minimum atomic E-state index is 0.271. The third kappa shape index (κ3) is 4.65. The van der Waals surface area contributed by atoms with Crippen molar-refractivity contribution in [2.45, 2.75) is 47.0 Å². The molecular weight excluding hydrogens is 336 g/mol. The lowest BCUT2D eigenvalue weighted by Crippen LogP contribution is -2.49. The van der Waals surface area contributed by atoms with E-state index in [2.05, 4.69) is 54.9 Å². The van der Waals surface area contributed by atoms with E-state index in [1.54, 1.807) is 0 Å². The Morgan fingerprint density at radius 1 is 1.07 bits per heavy atom. The second kappa shape index (κ2) is 8.51. The predicted octanol–water partition coefficient (Wildman–Crippen LogP) is 3.44. The van der Waals surface area contributed by atoms with Gasteiger partial charge in [0.25, 0.3) is 0 Å². The molecule has 2 heterocycles. The minimum absolute atomic E-state index is 0.271. The van der Waals surface area contributed by atoms with Crippen molar-refractivity contribution < 1.29 is 4.79 Å². The SMILES string of the molecule is CCCC(=O)N1CCN(c2nc(C)nc(C)c2Cc2cccc(C)c2)CC1. The Balaban J connectivity index is 1.82. The fourth-order valence-corrected chi connectivity index (χ4v) is 3.75. The van der Waals surface area contributed by atoms with Crippen molar-refractivity contribution in [2.75, 3.05) is 31.1 Å². The van der Waals surface area contributed by atoms with Gasteiger partial charge in [-0.1, -0.05) is 36.8 Å². The summed E-state index contributed by atoms with van der Waals surface area (Å²) in [6.45, 7) is 11.4. The highest BCUT2D eigenvalue weighted by molar-refractivity contribution is 5.76. The highest BCUT2D eigenvalue weighted by Crippen LogP contribution is 2.25. The number of anilines is 1. The van der Waals surface area contributed by atoms with Gasteiger partial charge in [0.2, 0.25) is 5.91 Å². The summed E-state index contributed by atoms with van der Waals surface area (Å²) < 4.78 is 0. The third-order valence-electron chi connectivity index (χ3n) is 5.16. The summed E-state index contributed by atoms with van der Waals surface area (Å²) in [6.07, 6.45) is 2.38. The number of hydrogen-bond acceptors (Lipinski definition) is 4. The summed E-state index contributed by atoms with van der Waals surface area (Å²) in [5.74, 6) is 2.11. The van der Waals surface area contributed by atoms with Crippen LogP contribution in [0.15, 0.2) is 24.3 Å². The van der Waals surface area contributed by atoms with Gasteiger partial charge in [-0.15, -0.1) is 0 Å². The average Bonchev–Trinajstić information content (AvgIpc) is 2.64. The molecule has 144 valence electrons. The Hall–Kier alpha value is -2.43. The molecule has 0 N–H and O–H groups in total. The van der Waals surface area contributed by atoms with Crippen LogP contribution in [0.1, 0.15) is 48.0 Å². The van der Waals surface area contributed by atoms with Crippen LogP contribution in [-0.2, 0) is 11.2 Å². The number of aryl methyl sites for hydroxylation is 3. The number of benzene rings is 1. The summed E-state index contributed by atoms with van der Waals surface area (Å²) in [6, 6.07) is 8.62. The van der Waals surface area contributed by atoms with Gasteiger partial charge in [-0.2, -0.15) is 0 Å². The van der Waals surface area contributed by atoms with E-state index >= 15 is 0 Å². The summed E-state index contributed by atoms with van der Waals surface area (Å²) in [7, 11) is 0. The van der Waals surface area contributed by atoms with Gasteiger partial charge in [-0.05, 0) is 32.8 Å². The maximum absolute atomic E-state index is 12.2. The third-order valence-corrected chi connectivity index (χ3v) is 5.16. The zero-order valence-corrected chi connectivity index (χ0v) is 17.0. The number of hydrogen-bond donors (Lipinski definition) is 0. The zero-order valence-electron chi connectivity index (χ0n) is 17.0. The van der Waals surface area contributed by atoms with Crippen molar-refractivity contribution in [2.24, 2.45) is 0 Å². The predicted molar refractivity (Wildman–Crippen MR) is 109 cm³/mol. The topological polar surface area (TPSA) is 49.3 Å². The molecule has 27 heavy (non-hydrogen) atoms. The number of amides is 1. The summed E-state index contributed by atoms with van der Waals surface area (Å²) in [4.78, 5) is 25.9. The Kier molecular flexibility index (Phi) is 6.09. The number of aromatic nitrogens is 2. The standard InChI is InChI=1S/C22H30N4O/c1-5-7-21(27)25-10-12-26(13-11-25)22-20(17(3)23-18(4)24-22)15-19-9-6-8-16(2)14-19/h6,8-9,14H,5,7,10-13,15H2,1-4H3. The molecule has 0 spiro atoms. The van der Waals surface area contributed by atoms with E-state index in [0.29, 0.717) is 6.42 Å². The lowest BCUT2D eigenvalue weighted by atomic mass is 10.0. The molecule has 0 unspecified atom stereocenters. The van der Waals surface area contributed by atoms with Crippen molar-refractivity contribution in [1.29, 1.82) is 0 Å². The maximum atomic E-state index is 12.2. The number of carbonyl (C=O) groups is 1. The number of carbonyl (C=O) groups excluding carboxylic acids is 1. The van der Waals surface area contributed by atoms with Crippen LogP contribution < -0.4 is 4.90 Å². The summed E-state index contributed by atoms with van der Waals surface area (Å²) in [5, 5.41) is 0. The largest absolute Gasteiger partial charge is 0.353 e. The van der Waals surface area contributed by atoms with Crippen molar-refractivity contribution in [3.05, 3.63) is 52.5 Å². The van der Waals surface area contributed by atoms with Crippen LogP contribution in [0.2, 0.25) is 0 Å². The molecule has 1 amide bonds. The Morgan fingerprint density at radius 2 is 1.81 bits per heavy atom. The van der Waals surface area contributed by atoms with E-state index in [0.717, 1.165) is 56.4 Å². The van der Waals surface area contributed by atoms with Gasteiger partial charge in [0, 0.05) is 50.3 Å². The van der Waals surface area contributed by atoms with Crippen LogP contribution in [0.5, 0.6) is 0 Å². The van der Waals surface area contributed by atoms with Crippen molar-refractivity contribution >= 4 is 11.7 Å². The molecule has 1 fully saturated rings. The molecule has 1 aromatic heterocycles. The monoisotopic (exact) mass is 366 g/mol. The Bertz CT molecular complexity index is 810. The molecule has 5 nitrogen and oxygen atoms in total. The number of rotatable bonds is 5. The van der Waals surface area contributed by atoms with E-state index in [-0.39, 0.29) is 5.91 Å². The summed E-state index contributed by atoms with van der Waals surface area (Å²) >= 11 is 0. The van der Waals surface area contributed by atoms with E-state index in [1.165, 1.54) is 16.7 Å². The fraction of sp³-hybridized carbons (Fsp3) is 0.500. The van der Waals surface area contributed by atoms with Gasteiger partial charge >= 0.3 is 0 Å². The molecule has 0 radical (unpaired) electrons. The first-order valence-electron chi connectivity index (χ1n) is 9.90. The van der Waals surface area contributed by atoms with Crippen LogP contribution in [-0.4, -0.2) is 47.0 Å². The second-order valence-electron chi connectivity index (χ2n) is 7.44. The lowest BCUT2D eigenvalue weighted by molar-refractivity contribution is -0.131. The quantitative estimate of drug-likeness (QED) is 0.813. The van der Waals surface area contributed by atoms with Gasteiger partial charge in [0.1, 0.15) is 11.6 Å². The average molecular weight is 367 g/mol. The lowest BCUT2D eigenvalue weighted by Gasteiger charge is -2.36. The molecule has 0 bridgehead atoms. The molecule has 5 heteroatoms. The van der Waals surface area contributed by atoms with Crippen LogP contribution in [0.3, 0.4) is 0 Å². The van der Waals surface area contributed by atoms with Crippen molar-refractivity contribution in [1.82, 2.24) is 14.9 Å². The van der Waals surface area contributed by atoms with Crippen molar-refractivity contribution in [3.8, 4) is 0 Å². The molecule has 1 aliphatic heterocycles. The number of nitrogens with zero attached hydrogens (tertiary/aromatic N) is 4. The maximum Gasteiger partial charge on any atom is 0.222 e. The molecule has 1 aromatic carbocycles. The second-order valence-corrected chi connectivity index (χ2v) is 7.44. The van der Waals surface area contributed by atoms with Crippen LogP contribution in [0, 0.1) is 20.8 Å². The molecular formula is C22H30N4O. The van der Waals surface area contributed by atoms with Crippen LogP contribution >= 0.6 is 0 Å². The molecule has 2 aromatic rings. The Morgan fingerprint density at radius 3 is 2.48 bits per heavy atom. The van der Waals surface area contributed by atoms with Crippen molar-refractivity contribution in [3.63, 3.8) is 0 Å². The molecule has 1 aliphatic rings. The van der Waals surface area contributed by atoms with E-state index in [1.807, 2.05) is 11.8 Å². The molecule has 0 aliphatic carbocycles. The molecule has 3 rings (SSSR count). The van der Waals surface area contributed by atoms with Gasteiger partial charge in [-0.25, -0.2) is 9.97 Å². The molecule has 0 atom stereocenters. The zero-order chi connectivity index (χ0) is 19.4. The first kappa shape index (κ1) is 19.3. The highest BCUT2D eigenvalue weighted by Gasteiger charge is 2.24. The first-order valence-corrected chi connectivity index (χ1v) is 9.90. The first-order chi connectivity index (χ1) is 13.0. The van der Waals surface area contributed by atoms with Crippen LogP contribution in [0.25, 0.3) is 0 Å². The Labute approximate surface area is 162 Å². The van der Waals surface area contributed by atoms with Gasteiger partial charge in [0.05, 0.1) is 0 Å². The van der Waals surface area contributed by atoms with Gasteiger partial charge < -0.3 is 9.80 Å². The highest BCUT2D eigenvalue weighted by atomic mass is 16.2. The molecule has 0 saturated carbocycles. The van der Waals surface area contributed by atoms with E-state index < -0.39 is 0 Å².